The molecule has 6 aromatic carbocycles. The molecule has 0 bridgehead atoms. The maximum Gasteiger partial charge on any atom is 0.126 e. The molecule has 6 rings (SSSR count). The van der Waals surface area contributed by atoms with E-state index in [4.69, 9.17) is 18.9 Å². The van der Waals surface area contributed by atoms with Gasteiger partial charge in [-0.15, -0.1) is 0 Å². The van der Waals surface area contributed by atoms with Crippen LogP contribution in [0.15, 0.2) is 133 Å². The van der Waals surface area contributed by atoms with Crippen LogP contribution in [0, 0.1) is 0 Å². The van der Waals surface area contributed by atoms with Crippen LogP contribution in [0.5, 0.6) is 23.0 Å². The molecule has 2 unspecified atom stereocenters. The highest BCUT2D eigenvalue weighted by atomic mass is 31.1. The summed E-state index contributed by atoms with van der Waals surface area (Å²) in [6.45, 7) is 0. The smallest absolute Gasteiger partial charge is 0.126 e. The maximum absolute atomic E-state index is 5.82. The first-order valence-electron chi connectivity index (χ1n) is 15.9. The van der Waals surface area contributed by atoms with E-state index < -0.39 is 0 Å². The van der Waals surface area contributed by atoms with E-state index in [0.29, 0.717) is 17.2 Å². The molecule has 0 aromatic heterocycles. The van der Waals surface area contributed by atoms with Gasteiger partial charge in [-0.1, -0.05) is 114 Å². The third-order valence-electron chi connectivity index (χ3n) is 8.43. The number of benzene rings is 6. The molecule has 0 aliphatic carbocycles. The van der Waals surface area contributed by atoms with Crippen molar-refractivity contribution in [1.29, 1.82) is 0 Å². The van der Waals surface area contributed by atoms with Gasteiger partial charge in [0.15, 0.2) is 0 Å². The van der Waals surface area contributed by atoms with Crippen molar-refractivity contribution in [3.63, 3.8) is 0 Å². The number of methoxy groups -OCH3 is 4. The van der Waals surface area contributed by atoms with Gasteiger partial charge in [0.2, 0.25) is 0 Å². The van der Waals surface area contributed by atoms with E-state index in [2.05, 4.69) is 84.9 Å². The van der Waals surface area contributed by atoms with E-state index >= 15 is 0 Å². The monoisotopic (exact) mass is 670 g/mol. The Hall–Kier alpha value is -4.62. The topological polar surface area (TPSA) is 36.9 Å². The Labute approximate surface area is 287 Å². The van der Waals surface area contributed by atoms with Crippen molar-refractivity contribution in [3.05, 3.63) is 133 Å². The third-order valence-corrected chi connectivity index (χ3v) is 11.6. The zero-order chi connectivity index (χ0) is 33.3. The van der Waals surface area contributed by atoms with Crippen LogP contribution >= 0.6 is 17.2 Å². The fourth-order valence-electron chi connectivity index (χ4n) is 6.07. The van der Waals surface area contributed by atoms with Crippen molar-refractivity contribution in [1.82, 2.24) is 0 Å². The van der Waals surface area contributed by atoms with Crippen LogP contribution in [0.1, 0.15) is 0 Å². The SMILES string of the molecule is COc1ccccc1-c1ccc(PCCPc2ccc(-c3ccccc3OC)cc2-c2ccccc2OC)c(-c2ccccc2OC)c1. The summed E-state index contributed by atoms with van der Waals surface area (Å²) < 4.78 is 23.1. The Morgan fingerprint density at radius 2 is 0.667 bits per heavy atom. The Bertz CT molecular complexity index is 1860. The number of rotatable bonds is 13. The van der Waals surface area contributed by atoms with Crippen LogP contribution in [0.3, 0.4) is 0 Å². The van der Waals surface area contributed by atoms with E-state index in [9.17, 15) is 0 Å². The first kappa shape index (κ1) is 33.3. The van der Waals surface area contributed by atoms with Gasteiger partial charge in [0.25, 0.3) is 0 Å². The first-order valence-corrected chi connectivity index (χ1v) is 18.4. The fourth-order valence-corrected chi connectivity index (χ4v) is 8.81. The molecule has 2 atom stereocenters. The van der Waals surface area contributed by atoms with Crippen molar-refractivity contribution in [3.8, 4) is 67.5 Å². The molecule has 0 fully saturated rings. The normalized spacial score (nSPS) is 11.3. The molecule has 0 saturated carbocycles. The molecule has 0 amide bonds. The number of hydrogen-bond acceptors (Lipinski definition) is 4. The van der Waals surface area contributed by atoms with Crippen LogP contribution in [0.25, 0.3) is 44.5 Å². The maximum atomic E-state index is 5.82. The second-order valence-electron chi connectivity index (χ2n) is 11.2. The third kappa shape index (κ3) is 7.26. The Morgan fingerprint density at radius 1 is 0.354 bits per heavy atom. The van der Waals surface area contributed by atoms with Crippen LogP contribution in [-0.2, 0) is 0 Å². The lowest BCUT2D eigenvalue weighted by molar-refractivity contribution is 0.416. The molecule has 0 radical (unpaired) electrons. The minimum absolute atomic E-state index is 0.643. The summed E-state index contributed by atoms with van der Waals surface area (Å²) in [6.07, 6.45) is 2.16. The highest BCUT2D eigenvalue weighted by Gasteiger charge is 2.16. The van der Waals surface area contributed by atoms with Crippen molar-refractivity contribution in [2.24, 2.45) is 0 Å². The van der Waals surface area contributed by atoms with Gasteiger partial charge < -0.3 is 18.9 Å². The van der Waals surface area contributed by atoms with Gasteiger partial charge in [0.05, 0.1) is 28.4 Å². The molecule has 0 heterocycles. The second kappa shape index (κ2) is 16.0. The summed E-state index contributed by atoms with van der Waals surface area (Å²) in [5, 5.41) is 2.67. The predicted octanol–water partition coefficient (Wildman–Crippen LogP) is 9.70. The summed E-state index contributed by atoms with van der Waals surface area (Å²) in [7, 11) is 8.22. The van der Waals surface area contributed by atoms with Crippen molar-refractivity contribution < 1.29 is 18.9 Å². The lowest BCUT2D eigenvalue weighted by atomic mass is 9.98. The van der Waals surface area contributed by atoms with E-state index in [1.807, 2.05) is 48.5 Å². The number of ether oxygens (including phenoxy) is 4. The lowest BCUT2D eigenvalue weighted by Gasteiger charge is -2.17. The van der Waals surface area contributed by atoms with Gasteiger partial charge in [-0.05, 0) is 81.6 Å². The van der Waals surface area contributed by atoms with Crippen molar-refractivity contribution in [2.45, 2.75) is 0 Å². The standard InChI is InChI=1S/C42H40O4P2/c1-43-37-17-9-5-13-31(37)29-21-23-41(35(27-29)33-15-7-11-19-39(33)45-3)47-25-26-48-42-24-22-30(32-14-6-10-18-38(32)44-2)28-36(42)34-16-8-12-20-40(34)46-4/h5-24,27-28,47-48H,25-26H2,1-4H3. The molecule has 4 nitrogen and oxygen atoms in total. The molecular formula is C42H40O4P2. The van der Waals surface area contributed by atoms with Crippen LogP contribution in [0.2, 0.25) is 0 Å². The van der Waals surface area contributed by atoms with Crippen LogP contribution < -0.4 is 29.6 Å². The minimum Gasteiger partial charge on any atom is -0.496 e. The van der Waals surface area contributed by atoms with Gasteiger partial charge >= 0.3 is 0 Å². The zero-order valence-corrected chi connectivity index (χ0v) is 29.7. The molecule has 0 spiro atoms. The van der Waals surface area contributed by atoms with Crippen molar-refractivity contribution >= 4 is 27.8 Å². The molecule has 6 heteroatoms. The van der Waals surface area contributed by atoms with E-state index in [1.165, 1.54) is 21.7 Å². The quantitative estimate of drug-likeness (QED) is 0.0906. The fraction of sp³-hybridized carbons (Fsp3) is 0.143. The van der Waals surface area contributed by atoms with Gasteiger partial charge in [-0.3, -0.25) is 0 Å². The summed E-state index contributed by atoms with van der Waals surface area (Å²) in [4.78, 5) is 0. The van der Waals surface area contributed by atoms with E-state index in [0.717, 1.165) is 68.7 Å². The average Bonchev–Trinajstić information content (AvgIpc) is 3.16. The Morgan fingerprint density at radius 3 is 1.02 bits per heavy atom. The van der Waals surface area contributed by atoms with E-state index in [1.54, 1.807) is 28.4 Å². The molecule has 0 saturated heterocycles. The largest absolute Gasteiger partial charge is 0.496 e. The van der Waals surface area contributed by atoms with Gasteiger partial charge in [0.1, 0.15) is 23.0 Å². The number of hydrogen-bond donors (Lipinski definition) is 0. The summed E-state index contributed by atoms with van der Waals surface area (Å²) in [5.41, 5.74) is 9.02. The molecular weight excluding hydrogens is 630 g/mol. The highest BCUT2D eigenvalue weighted by Crippen LogP contribution is 2.39. The summed E-state index contributed by atoms with van der Waals surface area (Å²) >= 11 is 0. The predicted molar refractivity (Wildman–Crippen MR) is 206 cm³/mol. The molecule has 6 aromatic rings. The average molecular weight is 671 g/mol. The van der Waals surface area contributed by atoms with E-state index in [-0.39, 0.29) is 0 Å². The van der Waals surface area contributed by atoms with Crippen molar-refractivity contribution in [2.75, 3.05) is 40.8 Å². The molecule has 48 heavy (non-hydrogen) atoms. The van der Waals surface area contributed by atoms with Gasteiger partial charge in [-0.2, -0.15) is 0 Å². The van der Waals surface area contributed by atoms with Gasteiger partial charge in [0, 0.05) is 22.3 Å². The Balaban J connectivity index is 1.29. The minimum atomic E-state index is 0.643. The molecule has 0 aliphatic heterocycles. The van der Waals surface area contributed by atoms with Crippen LogP contribution in [0.4, 0.5) is 0 Å². The second-order valence-corrected chi connectivity index (χ2v) is 14.0. The highest BCUT2D eigenvalue weighted by molar-refractivity contribution is 7.51. The molecule has 242 valence electrons. The molecule has 0 N–H and O–H groups in total. The number of para-hydroxylation sites is 4. The lowest BCUT2D eigenvalue weighted by Crippen LogP contribution is -2.06. The molecule has 0 aliphatic rings. The first-order chi connectivity index (χ1) is 23.6. The summed E-state index contributed by atoms with van der Waals surface area (Å²) in [5.74, 6) is 3.48. The summed E-state index contributed by atoms with van der Waals surface area (Å²) in [6, 6.07) is 46.5. The zero-order valence-electron chi connectivity index (χ0n) is 27.7. The van der Waals surface area contributed by atoms with Gasteiger partial charge in [-0.25, -0.2) is 0 Å². The Kier molecular flexibility index (Phi) is 11.1. The van der Waals surface area contributed by atoms with Crippen LogP contribution in [-0.4, -0.2) is 40.8 Å².